The third kappa shape index (κ3) is 3.99. The molecule has 1 aromatic carbocycles. The van der Waals surface area contributed by atoms with Gasteiger partial charge in [-0.1, -0.05) is 12.5 Å². The predicted octanol–water partition coefficient (Wildman–Crippen LogP) is 2.92. The molecule has 0 N–H and O–H groups in total. The normalized spacial score (nSPS) is 25.0. The summed E-state index contributed by atoms with van der Waals surface area (Å²) in [5.74, 6) is -0.704. The lowest BCUT2D eigenvalue weighted by Crippen LogP contribution is -2.41. The first kappa shape index (κ1) is 19.0. The molecule has 2 atom stereocenters. The summed E-state index contributed by atoms with van der Waals surface area (Å²) < 4.78 is 32.7. The molecule has 142 valence electrons. The highest BCUT2D eigenvalue weighted by Gasteiger charge is 2.32. The van der Waals surface area contributed by atoms with Crippen LogP contribution in [0.5, 0.6) is 0 Å². The first-order chi connectivity index (χ1) is 12.4. The fourth-order valence-corrected chi connectivity index (χ4v) is 5.37. The lowest BCUT2D eigenvalue weighted by atomic mass is 9.96. The molecule has 1 aliphatic heterocycles. The monoisotopic (exact) mass is 379 g/mol. The number of esters is 1. The molecule has 1 aromatic rings. The molecule has 7 heteroatoms. The van der Waals surface area contributed by atoms with Crippen molar-refractivity contribution in [1.29, 1.82) is 0 Å². The van der Waals surface area contributed by atoms with Crippen LogP contribution < -0.4 is 0 Å². The van der Waals surface area contributed by atoms with Gasteiger partial charge in [0, 0.05) is 19.0 Å². The van der Waals surface area contributed by atoms with Crippen LogP contribution in [-0.2, 0) is 19.6 Å². The summed E-state index contributed by atoms with van der Waals surface area (Å²) in [7, 11) is -3.65. The second-order valence-electron chi connectivity index (χ2n) is 7.09. The van der Waals surface area contributed by atoms with Gasteiger partial charge in [-0.3, -0.25) is 4.79 Å². The number of nitrogens with zero attached hydrogens (tertiary/aromatic N) is 1. The summed E-state index contributed by atoms with van der Waals surface area (Å²) in [5, 5.41) is 0. The Bertz CT molecular complexity index is 789. The Morgan fingerprint density at radius 2 is 1.92 bits per heavy atom. The number of piperidine rings is 1. The molecule has 1 heterocycles. The summed E-state index contributed by atoms with van der Waals surface area (Å²) in [6, 6.07) is 5.87. The van der Waals surface area contributed by atoms with Gasteiger partial charge in [0.1, 0.15) is 0 Å². The Balaban J connectivity index is 1.79. The molecule has 6 nitrogen and oxygen atoms in total. The van der Waals surface area contributed by atoms with Crippen LogP contribution in [0.3, 0.4) is 0 Å². The number of ketones is 1. The van der Waals surface area contributed by atoms with E-state index in [0.29, 0.717) is 19.4 Å². The van der Waals surface area contributed by atoms with E-state index in [4.69, 9.17) is 4.74 Å². The highest BCUT2D eigenvalue weighted by molar-refractivity contribution is 7.89. The number of Topliss-reactive ketones (excluding diaryl/α,β-unsaturated/α-hetero) is 1. The van der Waals surface area contributed by atoms with Gasteiger partial charge in [-0.15, -0.1) is 0 Å². The summed E-state index contributed by atoms with van der Waals surface area (Å²) in [4.78, 5) is 24.3. The van der Waals surface area contributed by atoms with Crippen LogP contribution in [0, 0.1) is 0 Å². The van der Waals surface area contributed by atoms with Crippen LogP contribution in [-0.4, -0.2) is 43.2 Å². The van der Waals surface area contributed by atoms with Crippen LogP contribution in [0.15, 0.2) is 29.2 Å². The minimum atomic E-state index is -3.65. The smallest absolute Gasteiger partial charge is 0.338 e. The number of ether oxygens (including phenoxy) is 1. The second kappa shape index (κ2) is 7.88. The van der Waals surface area contributed by atoms with E-state index >= 15 is 0 Å². The van der Waals surface area contributed by atoms with E-state index in [1.54, 1.807) is 6.07 Å². The fourth-order valence-electron chi connectivity index (χ4n) is 3.62. The van der Waals surface area contributed by atoms with Crippen molar-refractivity contribution in [3.8, 4) is 0 Å². The molecule has 0 unspecified atom stereocenters. The highest BCUT2D eigenvalue weighted by atomic mass is 32.2. The fraction of sp³-hybridized carbons (Fsp3) is 0.579. The van der Waals surface area contributed by atoms with Crippen LogP contribution >= 0.6 is 0 Å². The van der Waals surface area contributed by atoms with E-state index in [0.717, 1.165) is 32.1 Å². The van der Waals surface area contributed by atoms with Crippen LogP contribution in [0.25, 0.3) is 0 Å². The van der Waals surface area contributed by atoms with Gasteiger partial charge in [0.2, 0.25) is 10.0 Å². The van der Waals surface area contributed by atoms with Gasteiger partial charge in [-0.2, -0.15) is 4.31 Å². The Morgan fingerprint density at radius 3 is 2.65 bits per heavy atom. The molecule has 0 aromatic heterocycles. The van der Waals surface area contributed by atoms with Crippen molar-refractivity contribution >= 4 is 21.8 Å². The number of benzene rings is 1. The molecular weight excluding hydrogens is 354 g/mol. The Labute approximate surface area is 154 Å². The Hall–Kier alpha value is -1.73. The third-order valence-electron chi connectivity index (χ3n) is 5.17. The largest absolute Gasteiger partial charge is 0.451 e. The molecule has 0 bridgehead atoms. The zero-order valence-electron chi connectivity index (χ0n) is 15.0. The minimum absolute atomic E-state index is 0.0517. The molecule has 0 spiro atoms. The maximum atomic E-state index is 12.9. The number of hydrogen-bond donors (Lipinski definition) is 0. The van der Waals surface area contributed by atoms with E-state index in [1.165, 1.54) is 22.5 Å². The lowest BCUT2D eigenvalue weighted by molar-refractivity contribution is -0.129. The number of carbonyl (C=O) groups is 2. The number of hydrogen-bond acceptors (Lipinski definition) is 5. The zero-order chi connectivity index (χ0) is 18.7. The SMILES string of the molecule is C[C@@H]1CCCCN1S(=O)(=O)c1cccc(C(=O)O[C@@H]2CCCCC2=O)c1. The van der Waals surface area contributed by atoms with E-state index in [9.17, 15) is 18.0 Å². The second-order valence-corrected chi connectivity index (χ2v) is 8.98. The van der Waals surface area contributed by atoms with Gasteiger partial charge >= 0.3 is 5.97 Å². The standard InChI is InChI=1S/C19H25NO5S/c1-14-7-4-5-12-20(14)26(23,24)16-9-6-8-15(13-16)19(22)25-18-11-3-2-10-17(18)21/h6,8-9,13-14,18H,2-5,7,10-12H2,1H3/t14-,18-/m1/s1. The topological polar surface area (TPSA) is 80.8 Å². The molecule has 2 fully saturated rings. The quantitative estimate of drug-likeness (QED) is 0.752. The molecule has 1 aliphatic carbocycles. The lowest BCUT2D eigenvalue weighted by Gasteiger charge is -2.32. The van der Waals surface area contributed by atoms with Crippen molar-refractivity contribution in [3.63, 3.8) is 0 Å². The molecule has 1 saturated heterocycles. The van der Waals surface area contributed by atoms with E-state index < -0.39 is 22.1 Å². The molecule has 26 heavy (non-hydrogen) atoms. The van der Waals surface area contributed by atoms with E-state index in [-0.39, 0.29) is 22.3 Å². The summed E-state index contributed by atoms with van der Waals surface area (Å²) in [6.45, 7) is 2.40. The molecule has 0 radical (unpaired) electrons. The first-order valence-electron chi connectivity index (χ1n) is 9.25. The molecule has 1 saturated carbocycles. The zero-order valence-corrected chi connectivity index (χ0v) is 15.8. The van der Waals surface area contributed by atoms with Crippen molar-refractivity contribution in [1.82, 2.24) is 4.31 Å². The van der Waals surface area contributed by atoms with E-state index in [1.807, 2.05) is 6.92 Å². The Morgan fingerprint density at radius 1 is 1.15 bits per heavy atom. The van der Waals surface area contributed by atoms with Gasteiger partial charge in [-0.25, -0.2) is 13.2 Å². The number of carbonyl (C=O) groups excluding carboxylic acids is 2. The predicted molar refractivity (Wildman–Crippen MR) is 96.3 cm³/mol. The minimum Gasteiger partial charge on any atom is -0.451 e. The van der Waals surface area contributed by atoms with Crippen LogP contribution in [0.4, 0.5) is 0 Å². The van der Waals surface area contributed by atoms with E-state index in [2.05, 4.69) is 0 Å². The van der Waals surface area contributed by atoms with Gasteiger partial charge < -0.3 is 4.74 Å². The third-order valence-corrected chi connectivity index (χ3v) is 7.18. The summed E-state index contributed by atoms with van der Waals surface area (Å²) >= 11 is 0. The van der Waals surface area contributed by atoms with Crippen LogP contribution in [0.2, 0.25) is 0 Å². The molecule has 3 rings (SSSR count). The van der Waals surface area contributed by atoms with Gasteiger partial charge in [0.05, 0.1) is 10.5 Å². The Kier molecular flexibility index (Phi) is 5.77. The van der Waals surface area contributed by atoms with Gasteiger partial charge in [-0.05, 0) is 57.2 Å². The number of sulfonamides is 1. The van der Waals surface area contributed by atoms with Crippen molar-refractivity contribution in [3.05, 3.63) is 29.8 Å². The van der Waals surface area contributed by atoms with Crippen molar-refractivity contribution in [2.24, 2.45) is 0 Å². The average molecular weight is 379 g/mol. The maximum absolute atomic E-state index is 12.9. The van der Waals surface area contributed by atoms with Crippen molar-refractivity contribution in [2.75, 3.05) is 6.54 Å². The summed E-state index contributed by atoms with van der Waals surface area (Å²) in [6.07, 6.45) is 4.64. The molecular formula is C19H25NO5S. The van der Waals surface area contributed by atoms with Crippen LogP contribution in [0.1, 0.15) is 62.2 Å². The highest BCUT2D eigenvalue weighted by Crippen LogP contribution is 2.26. The summed E-state index contributed by atoms with van der Waals surface area (Å²) in [5.41, 5.74) is 0.161. The number of rotatable bonds is 4. The average Bonchev–Trinajstić information content (AvgIpc) is 2.64. The molecule has 0 amide bonds. The molecule has 2 aliphatic rings. The van der Waals surface area contributed by atoms with Crippen molar-refractivity contribution in [2.45, 2.75) is 68.9 Å². The first-order valence-corrected chi connectivity index (χ1v) is 10.7. The van der Waals surface area contributed by atoms with Gasteiger partial charge in [0.25, 0.3) is 0 Å². The van der Waals surface area contributed by atoms with Crippen molar-refractivity contribution < 1.29 is 22.7 Å². The maximum Gasteiger partial charge on any atom is 0.338 e. The van der Waals surface area contributed by atoms with Gasteiger partial charge in [0.15, 0.2) is 11.9 Å².